The van der Waals surface area contributed by atoms with E-state index in [1.165, 1.54) is 4.68 Å². The van der Waals surface area contributed by atoms with Crippen LogP contribution in [0, 0.1) is 6.92 Å². The topological polar surface area (TPSA) is 83.0 Å². The van der Waals surface area contributed by atoms with Crippen LogP contribution in [0.4, 0.5) is 5.69 Å². The largest absolute Gasteiger partial charge is 0.461 e. The summed E-state index contributed by atoms with van der Waals surface area (Å²) in [6.07, 6.45) is 0. The van der Waals surface area contributed by atoms with Gasteiger partial charge in [0.2, 0.25) is 0 Å². The Labute approximate surface area is 104 Å². The summed E-state index contributed by atoms with van der Waals surface area (Å²) in [6.45, 7) is 3.78. The van der Waals surface area contributed by atoms with Crippen molar-refractivity contribution in [1.82, 2.24) is 15.0 Å². The Morgan fingerprint density at radius 2 is 2.06 bits per heavy atom. The first-order chi connectivity index (χ1) is 8.63. The van der Waals surface area contributed by atoms with Crippen molar-refractivity contribution in [3.8, 4) is 5.69 Å². The molecule has 0 saturated carbocycles. The SMILES string of the molecule is CCOC(=O)c1c(C)nnn1-c1ccc(N)cc1. The summed E-state index contributed by atoms with van der Waals surface area (Å²) in [5.41, 5.74) is 7.85. The van der Waals surface area contributed by atoms with Crippen molar-refractivity contribution < 1.29 is 9.53 Å². The number of anilines is 1. The average Bonchev–Trinajstić information content (AvgIpc) is 2.72. The zero-order valence-electron chi connectivity index (χ0n) is 10.3. The van der Waals surface area contributed by atoms with E-state index in [1.54, 1.807) is 38.1 Å². The fraction of sp³-hybridized carbons (Fsp3) is 0.250. The number of nitrogens with zero attached hydrogens (tertiary/aromatic N) is 3. The van der Waals surface area contributed by atoms with Crippen molar-refractivity contribution in [3.63, 3.8) is 0 Å². The van der Waals surface area contributed by atoms with Crippen LogP contribution < -0.4 is 5.73 Å². The summed E-state index contributed by atoms with van der Waals surface area (Å²) < 4.78 is 6.44. The molecule has 0 aliphatic rings. The predicted octanol–water partition coefficient (Wildman–Crippen LogP) is 1.33. The Bertz CT molecular complexity index is 560. The number of hydrogen-bond acceptors (Lipinski definition) is 5. The second-order valence-corrected chi connectivity index (χ2v) is 3.75. The van der Waals surface area contributed by atoms with Crippen molar-refractivity contribution in [3.05, 3.63) is 35.7 Å². The lowest BCUT2D eigenvalue weighted by atomic mass is 10.2. The van der Waals surface area contributed by atoms with Gasteiger partial charge in [0, 0.05) is 5.69 Å². The van der Waals surface area contributed by atoms with E-state index in [9.17, 15) is 4.79 Å². The standard InChI is InChI=1S/C12H14N4O2/c1-3-18-12(17)11-8(2)14-15-16(11)10-6-4-9(13)5-7-10/h4-7H,3,13H2,1-2H3. The van der Waals surface area contributed by atoms with Gasteiger partial charge in [0.15, 0.2) is 5.69 Å². The quantitative estimate of drug-likeness (QED) is 0.652. The van der Waals surface area contributed by atoms with Crippen LogP contribution in [0.5, 0.6) is 0 Å². The third-order valence-electron chi connectivity index (χ3n) is 2.45. The molecule has 0 unspecified atom stereocenters. The highest BCUT2D eigenvalue weighted by molar-refractivity contribution is 5.89. The van der Waals surface area contributed by atoms with E-state index in [2.05, 4.69) is 10.3 Å². The summed E-state index contributed by atoms with van der Waals surface area (Å²) in [5, 5.41) is 7.84. The van der Waals surface area contributed by atoms with E-state index in [1.807, 2.05) is 0 Å². The molecule has 94 valence electrons. The molecule has 1 heterocycles. The average molecular weight is 246 g/mol. The van der Waals surface area contributed by atoms with Crippen LogP contribution in [0.25, 0.3) is 5.69 Å². The first kappa shape index (κ1) is 12.1. The Morgan fingerprint density at radius 3 is 2.67 bits per heavy atom. The van der Waals surface area contributed by atoms with Gasteiger partial charge >= 0.3 is 5.97 Å². The van der Waals surface area contributed by atoms with Crippen molar-refractivity contribution in [2.45, 2.75) is 13.8 Å². The number of carbonyl (C=O) groups excluding carboxylic acids is 1. The van der Waals surface area contributed by atoms with Gasteiger partial charge in [0.25, 0.3) is 0 Å². The van der Waals surface area contributed by atoms with E-state index >= 15 is 0 Å². The van der Waals surface area contributed by atoms with Crippen LogP contribution in [0.15, 0.2) is 24.3 Å². The normalized spacial score (nSPS) is 10.3. The van der Waals surface area contributed by atoms with Gasteiger partial charge in [0.05, 0.1) is 18.0 Å². The number of benzene rings is 1. The van der Waals surface area contributed by atoms with E-state index < -0.39 is 5.97 Å². The lowest BCUT2D eigenvalue weighted by Gasteiger charge is -2.06. The maximum atomic E-state index is 11.8. The molecule has 0 amide bonds. The molecule has 2 aromatic rings. The molecule has 0 aliphatic heterocycles. The number of aryl methyl sites for hydroxylation is 1. The van der Waals surface area contributed by atoms with E-state index in [-0.39, 0.29) is 0 Å². The molecule has 0 fully saturated rings. The Hall–Kier alpha value is -2.37. The van der Waals surface area contributed by atoms with Gasteiger partial charge in [0.1, 0.15) is 0 Å². The Kier molecular flexibility index (Phi) is 3.27. The molecule has 6 heteroatoms. The molecule has 1 aromatic carbocycles. The number of aromatic nitrogens is 3. The van der Waals surface area contributed by atoms with Crippen LogP contribution in [0.2, 0.25) is 0 Å². The van der Waals surface area contributed by atoms with Crippen molar-refractivity contribution in [1.29, 1.82) is 0 Å². The minimum Gasteiger partial charge on any atom is -0.461 e. The van der Waals surface area contributed by atoms with Gasteiger partial charge in [-0.3, -0.25) is 0 Å². The summed E-state index contributed by atoms with van der Waals surface area (Å²) in [7, 11) is 0. The predicted molar refractivity (Wildman–Crippen MR) is 66.5 cm³/mol. The summed E-state index contributed by atoms with van der Waals surface area (Å²) in [5.74, 6) is -0.433. The van der Waals surface area contributed by atoms with E-state index in [4.69, 9.17) is 10.5 Å². The number of esters is 1. The number of carbonyl (C=O) groups is 1. The summed E-state index contributed by atoms with van der Waals surface area (Å²) >= 11 is 0. The molecular formula is C12H14N4O2. The smallest absolute Gasteiger partial charge is 0.359 e. The van der Waals surface area contributed by atoms with Crippen molar-refractivity contribution in [2.24, 2.45) is 0 Å². The molecule has 0 saturated heterocycles. The molecule has 2 N–H and O–H groups in total. The van der Waals surface area contributed by atoms with Gasteiger partial charge in [-0.15, -0.1) is 5.10 Å². The highest BCUT2D eigenvalue weighted by Crippen LogP contribution is 2.15. The van der Waals surface area contributed by atoms with E-state index in [0.29, 0.717) is 29.4 Å². The molecule has 1 aromatic heterocycles. The number of hydrogen-bond donors (Lipinski definition) is 1. The van der Waals surface area contributed by atoms with Crippen molar-refractivity contribution in [2.75, 3.05) is 12.3 Å². The van der Waals surface area contributed by atoms with Gasteiger partial charge in [-0.25, -0.2) is 9.48 Å². The fourth-order valence-electron chi connectivity index (χ4n) is 1.59. The first-order valence-corrected chi connectivity index (χ1v) is 5.58. The molecule has 6 nitrogen and oxygen atoms in total. The van der Waals surface area contributed by atoms with Crippen molar-refractivity contribution >= 4 is 11.7 Å². The number of nitrogen functional groups attached to an aromatic ring is 1. The number of nitrogens with two attached hydrogens (primary N) is 1. The maximum Gasteiger partial charge on any atom is 0.359 e. The fourth-order valence-corrected chi connectivity index (χ4v) is 1.59. The lowest BCUT2D eigenvalue weighted by Crippen LogP contribution is -2.13. The zero-order valence-corrected chi connectivity index (χ0v) is 10.3. The molecule has 0 spiro atoms. The molecule has 2 rings (SSSR count). The van der Waals surface area contributed by atoms with Crippen LogP contribution >= 0.6 is 0 Å². The highest BCUT2D eigenvalue weighted by Gasteiger charge is 2.19. The Balaban J connectivity index is 2.45. The third-order valence-corrected chi connectivity index (χ3v) is 2.45. The molecule has 0 atom stereocenters. The summed E-state index contributed by atoms with van der Waals surface area (Å²) in [6, 6.07) is 7.01. The van der Waals surface area contributed by atoms with Crippen LogP contribution in [-0.2, 0) is 4.74 Å². The van der Waals surface area contributed by atoms with Gasteiger partial charge in [-0.05, 0) is 38.1 Å². The summed E-state index contributed by atoms with van der Waals surface area (Å²) in [4.78, 5) is 11.8. The zero-order chi connectivity index (χ0) is 13.1. The molecular weight excluding hydrogens is 232 g/mol. The monoisotopic (exact) mass is 246 g/mol. The van der Waals surface area contributed by atoms with Crippen LogP contribution in [-0.4, -0.2) is 27.6 Å². The second-order valence-electron chi connectivity index (χ2n) is 3.75. The van der Waals surface area contributed by atoms with Gasteiger partial charge in [-0.2, -0.15) is 0 Å². The third kappa shape index (κ3) is 2.17. The molecule has 0 bridgehead atoms. The first-order valence-electron chi connectivity index (χ1n) is 5.58. The van der Waals surface area contributed by atoms with Crippen LogP contribution in [0.1, 0.15) is 23.1 Å². The molecule has 18 heavy (non-hydrogen) atoms. The molecule has 0 radical (unpaired) electrons. The maximum absolute atomic E-state index is 11.8. The number of ether oxygens (including phenoxy) is 1. The van der Waals surface area contributed by atoms with Gasteiger partial charge < -0.3 is 10.5 Å². The minimum atomic E-state index is -0.433. The van der Waals surface area contributed by atoms with Crippen LogP contribution in [0.3, 0.4) is 0 Å². The molecule has 0 aliphatic carbocycles. The Morgan fingerprint density at radius 1 is 1.39 bits per heavy atom. The van der Waals surface area contributed by atoms with Gasteiger partial charge in [-0.1, -0.05) is 5.21 Å². The highest BCUT2D eigenvalue weighted by atomic mass is 16.5. The number of rotatable bonds is 3. The second kappa shape index (κ2) is 4.87. The minimum absolute atomic E-state index is 0.311. The lowest BCUT2D eigenvalue weighted by molar-refractivity contribution is 0.0515. The van der Waals surface area contributed by atoms with E-state index in [0.717, 1.165) is 0 Å².